The van der Waals surface area contributed by atoms with E-state index < -0.39 is 4.92 Å². The number of anilines is 1. The second-order valence-corrected chi connectivity index (χ2v) is 5.86. The Labute approximate surface area is 156 Å². The first kappa shape index (κ1) is 18.1. The SMILES string of the molecule is COc1ccc(-n2c(C)cc(/C=N\Nc3ncccc3[N+](=O)[O-])c2C)cc1. The topological polar surface area (TPSA) is 94.6 Å². The zero-order valence-corrected chi connectivity index (χ0v) is 15.2. The van der Waals surface area contributed by atoms with E-state index in [0.29, 0.717) is 0 Å². The molecule has 0 spiro atoms. The lowest BCUT2D eigenvalue weighted by atomic mass is 10.2. The normalized spacial score (nSPS) is 10.9. The number of hydrogen-bond acceptors (Lipinski definition) is 6. The highest BCUT2D eigenvalue weighted by Crippen LogP contribution is 2.23. The van der Waals surface area contributed by atoms with Gasteiger partial charge in [0.2, 0.25) is 5.82 Å². The van der Waals surface area contributed by atoms with Crippen molar-refractivity contribution in [1.29, 1.82) is 0 Å². The van der Waals surface area contributed by atoms with Gasteiger partial charge in [-0.3, -0.25) is 15.5 Å². The van der Waals surface area contributed by atoms with E-state index in [-0.39, 0.29) is 11.5 Å². The Morgan fingerprint density at radius 3 is 2.67 bits per heavy atom. The number of nitrogens with zero attached hydrogens (tertiary/aromatic N) is 4. The molecule has 0 atom stereocenters. The molecular weight excluding hydrogens is 346 g/mol. The molecule has 0 aliphatic rings. The minimum atomic E-state index is -0.500. The number of ether oxygens (including phenoxy) is 1. The highest BCUT2D eigenvalue weighted by molar-refractivity contribution is 5.83. The third kappa shape index (κ3) is 3.79. The molecule has 8 nitrogen and oxygen atoms in total. The maximum atomic E-state index is 11.0. The van der Waals surface area contributed by atoms with Crippen LogP contribution >= 0.6 is 0 Å². The summed E-state index contributed by atoms with van der Waals surface area (Å²) in [6.07, 6.45) is 3.10. The maximum Gasteiger partial charge on any atom is 0.313 e. The van der Waals surface area contributed by atoms with Gasteiger partial charge in [0.1, 0.15) is 5.75 Å². The van der Waals surface area contributed by atoms with Gasteiger partial charge in [0.25, 0.3) is 0 Å². The molecule has 8 heteroatoms. The van der Waals surface area contributed by atoms with Crippen LogP contribution in [0.25, 0.3) is 5.69 Å². The van der Waals surface area contributed by atoms with E-state index in [9.17, 15) is 10.1 Å². The molecule has 0 fully saturated rings. The van der Waals surface area contributed by atoms with Crippen LogP contribution in [0.2, 0.25) is 0 Å². The number of aryl methyl sites for hydroxylation is 1. The van der Waals surface area contributed by atoms with Crippen LogP contribution in [0.3, 0.4) is 0 Å². The standard InChI is InChI=1S/C19H19N5O3/c1-13-11-15(12-21-22-19-18(24(25)26)5-4-10-20-19)14(2)23(13)16-6-8-17(27-3)9-7-16/h4-12H,1-3H3,(H,20,22)/b21-12-. The van der Waals surface area contributed by atoms with Gasteiger partial charge in [0.05, 0.1) is 18.2 Å². The number of benzene rings is 1. The monoisotopic (exact) mass is 365 g/mol. The van der Waals surface area contributed by atoms with Crippen LogP contribution in [0.15, 0.2) is 53.8 Å². The number of pyridine rings is 1. The van der Waals surface area contributed by atoms with Gasteiger partial charge in [-0.15, -0.1) is 0 Å². The number of nitro groups is 1. The number of hydrazone groups is 1. The first-order valence-corrected chi connectivity index (χ1v) is 8.23. The number of methoxy groups -OCH3 is 1. The van der Waals surface area contributed by atoms with Crippen LogP contribution in [-0.4, -0.2) is 27.8 Å². The van der Waals surface area contributed by atoms with Crippen LogP contribution < -0.4 is 10.2 Å². The molecule has 27 heavy (non-hydrogen) atoms. The molecular formula is C19H19N5O3. The van der Waals surface area contributed by atoms with Crippen molar-refractivity contribution in [1.82, 2.24) is 9.55 Å². The van der Waals surface area contributed by atoms with Crippen molar-refractivity contribution in [2.75, 3.05) is 12.5 Å². The summed E-state index contributed by atoms with van der Waals surface area (Å²) in [5.41, 5.74) is 6.47. The van der Waals surface area contributed by atoms with E-state index in [4.69, 9.17) is 4.74 Å². The lowest BCUT2D eigenvalue weighted by Gasteiger charge is -2.10. The Morgan fingerprint density at radius 2 is 2.00 bits per heavy atom. The zero-order valence-electron chi connectivity index (χ0n) is 15.2. The summed E-state index contributed by atoms with van der Waals surface area (Å²) in [4.78, 5) is 14.5. The number of nitrogens with one attached hydrogen (secondary N) is 1. The summed E-state index contributed by atoms with van der Waals surface area (Å²) in [5, 5.41) is 15.1. The number of rotatable bonds is 6. The molecule has 2 heterocycles. The molecule has 2 aromatic heterocycles. The van der Waals surface area contributed by atoms with E-state index in [1.165, 1.54) is 18.3 Å². The second kappa shape index (κ2) is 7.69. The number of hydrogen-bond donors (Lipinski definition) is 1. The lowest BCUT2D eigenvalue weighted by molar-refractivity contribution is -0.384. The Morgan fingerprint density at radius 1 is 1.26 bits per heavy atom. The molecule has 138 valence electrons. The highest BCUT2D eigenvalue weighted by atomic mass is 16.6. The summed E-state index contributed by atoms with van der Waals surface area (Å²) in [6.45, 7) is 3.99. The average Bonchev–Trinajstić information content (AvgIpc) is 2.95. The van der Waals surface area contributed by atoms with Crippen LogP contribution in [0.5, 0.6) is 5.75 Å². The molecule has 1 aromatic carbocycles. The van der Waals surface area contributed by atoms with Gasteiger partial charge >= 0.3 is 5.69 Å². The fourth-order valence-corrected chi connectivity index (χ4v) is 2.84. The van der Waals surface area contributed by atoms with Gasteiger partial charge < -0.3 is 9.30 Å². The van der Waals surface area contributed by atoms with Crippen molar-refractivity contribution in [2.24, 2.45) is 5.10 Å². The predicted octanol–water partition coefficient (Wildman–Crippen LogP) is 3.85. The van der Waals surface area contributed by atoms with Gasteiger partial charge in [-0.1, -0.05) is 0 Å². The smallest absolute Gasteiger partial charge is 0.313 e. The summed E-state index contributed by atoms with van der Waals surface area (Å²) >= 11 is 0. The highest BCUT2D eigenvalue weighted by Gasteiger charge is 2.13. The minimum Gasteiger partial charge on any atom is -0.497 e. The van der Waals surface area contributed by atoms with E-state index in [0.717, 1.165) is 28.4 Å². The molecule has 0 saturated heterocycles. The van der Waals surface area contributed by atoms with Crippen molar-refractivity contribution < 1.29 is 9.66 Å². The molecule has 0 aliphatic heterocycles. The van der Waals surface area contributed by atoms with E-state index in [2.05, 4.69) is 20.1 Å². The third-order valence-corrected chi connectivity index (χ3v) is 4.16. The quantitative estimate of drug-likeness (QED) is 0.407. The fourth-order valence-electron chi connectivity index (χ4n) is 2.84. The largest absolute Gasteiger partial charge is 0.497 e. The molecule has 0 amide bonds. The Balaban J connectivity index is 1.84. The summed E-state index contributed by atoms with van der Waals surface area (Å²) < 4.78 is 7.30. The van der Waals surface area contributed by atoms with Crippen molar-refractivity contribution >= 4 is 17.7 Å². The van der Waals surface area contributed by atoms with Gasteiger partial charge in [0, 0.05) is 34.9 Å². The predicted molar refractivity (Wildman–Crippen MR) is 104 cm³/mol. The molecule has 0 unspecified atom stereocenters. The van der Waals surface area contributed by atoms with Crippen LogP contribution in [0.4, 0.5) is 11.5 Å². The van der Waals surface area contributed by atoms with Gasteiger partial charge in [0.15, 0.2) is 0 Å². The summed E-state index contributed by atoms with van der Waals surface area (Å²) in [5.74, 6) is 0.895. The van der Waals surface area contributed by atoms with Crippen molar-refractivity contribution in [3.8, 4) is 11.4 Å². The molecule has 0 radical (unpaired) electrons. The van der Waals surface area contributed by atoms with Crippen LogP contribution in [0, 0.1) is 24.0 Å². The maximum absolute atomic E-state index is 11.0. The number of aromatic nitrogens is 2. The zero-order chi connectivity index (χ0) is 19.4. The van der Waals surface area contributed by atoms with Crippen LogP contribution in [0.1, 0.15) is 17.0 Å². The van der Waals surface area contributed by atoms with E-state index in [1.807, 2.05) is 44.2 Å². The first-order chi connectivity index (χ1) is 13.0. The molecule has 3 aromatic rings. The summed E-state index contributed by atoms with van der Waals surface area (Å²) in [6, 6.07) is 12.7. The fraction of sp³-hybridized carbons (Fsp3) is 0.158. The minimum absolute atomic E-state index is 0.0997. The Kier molecular flexibility index (Phi) is 5.16. The van der Waals surface area contributed by atoms with Gasteiger partial charge in [-0.05, 0) is 50.2 Å². The van der Waals surface area contributed by atoms with E-state index >= 15 is 0 Å². The molecule has 0 saturated carbocycles. The van der Waals surface area contributed by atoms with Crippen LogP contribution in [-0.2, 0) is 0 Å². The molecule has 3 rings (SSSR count). The Bertz CT molecular complexity index is 993. The van der Waals surface area contributed by atoms with Gasteiger partial charge in [-0.2, -0.15) is 5.10 Å². The first-order valence-electron chi connectivity index (χ1n) is 8.23. The molecule has 0 bridgehead atoms. The van der Waals surface area contributed by atoms with Crippen molar-refractivity contribution in [3.63, 3.8) is 0 Å². The third-order valence-electron chi connectivity index (χ3n) is 4.16. The van der Waals surface area contributed by atoms with Crippen molar-refractivity contribution in [3.05, 3.63) is 75.7 Å². The van der Waals surface area contributed by atoms with Crippen molar-refractivity contribution in [2.45, 2.75) is 13.8 Å². The molecule has 1 N–H and O–H groups in total. The molecule has 0 aliphatic carbocycles. The lowest BCUT2D eigenvalue weighted by Crippen LogP contribution is -2.01. The second-order valence-electron chi connectivity index (χ2n) is 5.86. The average molecular weight is 365 g/mol. The van der Waals surface area contributed by atoms with E-state index in [1.54, 1.807) is 13.3 Å². The van der Waals surface area contributed by atoms with Gasteiger partial charge in [-0.25, -0.2) is 4.98 Å². The Hall–Kier alpha value is -3.68. The summed E-state index contributed by atoms with van der Waals surface area (Å²) in [7, 11) is 1.63.